The lowest BCUT2D eigenvalue weighted by atomic mass is 9.93. The maximum absolute atomic E-state index is 15.1. The number of aromatic nitrogens is 5. The average molecular weight is 550 g/mol. The molecule has 1 aliphatic heterocycles. The van der Waals surface area contributed by atoms with Gasteiger partial charge in [0.2, 0.25) is 5.95 Å². The minimum Gasteiger partial charge on any atom is -0.392 e. The smallest absolute Gasteiger partial charge is 0.261 e. The molecule has 1 amide bonds. The van der Waals surface area contributed by atoms with Gasteiger partial charge < -0.3 is 15.7 Å². The molecule has 2 aliphatic rings. The summed E-state index contributed by atoms with van der Waals surface area (Å²) in [5.41, 5.74) is 9.54. The third-order valence-corrected chi connectivity index (χ3v) is 7.22. The van der Waals surface area contributed by atoms with Crippen molar-refractivity contribution in [1.82, 2.24) is 24.7 Å². The van der Waals surface area contributed by atoms with Crippen molar-refractivity contribution in [3.63, 3.8) is 0 Å². The van der Waals surface area contributed by atoms with E-state index in [4.69, 9.17) is 5.73 Å². The zero-order valence-electron chi connectivity index (χ0n) is 21.4. The highest BCUT2D eigenvalue weighted by molar-refractivity contribution is 6.09. The summed E-state index contributed by atoms with van der Waals surface area (Å²) in [6.07, 6.45) is 3.13. The number of nitrogens with two attached hydrogens (primary N) is 1. The van der Waals surface area contributed by atoms with Crippen LogP contribution in [-0.2, 0) is 26.0 Å². The second-order valence-electron chi connectivity index (χ2n) is 10.1. The molecule has 0 spiro atoms. The highest BCUT2D eigenvalue weighted by Crippen LogP contribution is 2.42. The number of amides is 1. The minimum atomic E-state index is -2.53. The van der Waals surface area contributed by atoms with Gasteiger partial charge in [-0.25, -0.2) is 18.2 Å². The van der Waals surface area contributed by atoms with Gasteiger partial charge in [0.25, 0.3) is 12.3 Å². The van der Waals surface area contributed by atoms with Crippen LogP contribution in [0.4, 0.5) is 24.8 Å². The maximum Gasteiger partial charge on any atom is 0.261 e. The number of hydrogen-bond donors (Lipinski definition) is 2. The van der Waals surface area contributed by atoms with Gasteiger partial charge in [-0.1, -0.05) is 18.2 Å². The van der Waals surface area contributed by atoms with Crippen LogP contribution in [-0.4, -0.2) is 48.7 Å². The van der Waals surface area contributed by atoms with Gasteiger partial charge in [-0.15, -0.1) is 0 Å². The Morgan fingerprint density at radius 2 is 1.98 bits per heavy atom. The summed E-state index contributed by atoms with van der Waals surface area (Å²) >= 11 is 0. The number of aliphatic hydroxyl groups excluding tert-OH is 1. The number of aliphatic hydroxyl groups is 1. The lowest BCUT2D eigenvalue weighted by Crippen LogP contribution is -2.39. The zero-order chi connectivity index (χ0) is 28.0. The molecule has 4 aromatic rings. The molecule has 0 saturated heterocycles. The lowest BCUT2D eigenvalue weighted by molar-refractivity contribution is 0.0975. The van der Waals surface area contributed by atoms with Crippen LogP contribution in [0, 0.1) is 5.82 Å². The Labute approximate surface area is 227 Å². The van der Waals surface area contributed by atoms with Gasteiger partial charge in [-0.3, -0.25) is 9.48 Å². The van der Waals surface area contributed by atoms with E-state index in [1.807, 2.05) is 6.07 Å². The van der Waals surface area contributed by atoms with E-state index in [0.717, 1.165) is 23.1 Å². The molecule has 1 saturated carbocycles. The molecular formula is C28H26F3N7O2. The summed E-state index contributed by atoms with van der Waals surface area (Å²) in [5, 5.41) is 14.3. The van der Waals surface area contributed by atoms with Crippen molar-refractivity contribution >= 4 is 17.5 Å². The van der Waals surface area contributed by atoms with Crippen molar-refractivity contribution in [2.24, 2.45) is 0 Å². The number of nitrogen functional groups attached to an aromatic ring is 1. The molecule has 12 heteroatoms. The van der Waals surface area contributed by atoms with Crippen LogP contribution < -0.4 is 10.6 Å². The normalized spacial score (nSPS) is 15.1. The summed E-state index contributed by atoms with van der Waals surface area (Å²) in [6.45, 7) is -0.641. The number of halogens is 3. The number of alkyl halides is 2. The predicted octanol–water partition coefficient (Wildman–Crippen LogP) is 3.88. The SMILES string of the molecule is Nc1nc(Cc2cnn(CC(F)F)c2)nc(-c2cccc(N3CCc4cc(C5CC5)cc(F)c4C3=O)c2CO)n1. The van der Waals surface area contributed by atoms with Gasteiger partial charge in [0, 0.05) is 30.3 Å². The summed E-state index contributed by atoms with van der Waals surface area (Å²) in [4.78, 5) is 27.9. The molecule has 9 nitrogen and oxygen atoms in total. The van der Waals surface area contributed by atoms with Crippen LogP contribution in [0.25, 0.3) is 11.4 Å². The van der Waals surface area contributed by atoms with Gasteiger partial charge in [0.15, 0.2) is 5.82 Å². The van der Waals surface area contributed by atoms with Crippen molar-refractivity contribution in [1.29, 1.82) is 0 Å². The number of benzene rings is 2. The Kier molecular flexibility index (Phi) is 6.70. The van der Waals surface area contributed by atoms with Crippen molar-refractivity contribution in [3.8, 4) is 11.4 Å². The standard InChI is InChI=1S/C28H26F3N7O2/c29-21-10-18(16-4-5-16)9-17-6-7-38(27(40)25(17)21)22-3-1-2-19(20(22)14-39)26-34-24(35-28(32)36-26)8-15-11-33-37(12-15)13-23(30)31/h1-3,9-12,16,23,39H,4-8,13-14H2,(H2,32,34,35,36). The van der Waals surface area contributed by atoms with E-state index < -0.39 is 31.3 Å². The van der Waals surface area contributed by atoms with E-state index in [2.05, 4.69) is 20.1 Å². The topological polar surface area (TPSA) is 123 Å². The van der Waals surface area contributed by atoms with Gasteiger partial charge in [0.1, 0.15) is 18.2 Å². The third-order valence-electron chi connectivity index (χ3n) is 7.22. The number of carbonyl (C=O) groups is 1. The van der Waals surface area contributed by atoms with Gasteiger partial charge in [-0.05, 0) is 54.0 Å². The number of rotatable bonds is 8. The molecule has 3 N–H and O–H groups in total. The van der Waals surface area contributed by atoms with Crippen LogP contribution in [0.2, 0.25) is 0 Å². The summed E-state index contributed by atoms with van der Waals surface area (Å²) in [6, 6.07) is 8.50. The molecule has 0 atom stereocenters. The quantitative estimate of drug-likeness (QED) is 0.342. The molecule has 2 aromatic carbocycles. The highest BCUT2D eigenvalue weighted by Gasteiger charge is 2.33. The van der Waals surface area contributed by atoms with Gasteiger partial charge >= 0.3 is 0 Å². The van der Waals surface area contributed by atoms with Crippen LogP contribution in [0.15, 0.2) is 42.7 Å². The number of hydrogen-bond acceptors (Lipinski definition) is 7. The monoisotopic (exact) mass is 549 g/mol. The van der Waals surface area contributed by atoms with Gasteiger partial charge in [-0.2, -0.15) is 15.1 Å². The first-order valence-corrected chi connectivity index (χ1v) is 13.0. The number of anilines is 2. The Balaban J connectivity index is 1.32. The summed E-state index contributed by atoms with van der Waals surface area (Å²) < 4.78 is 41.6. The fourth-order valence-corrected chi connectivity index (χ4v) is 5.24. The van der Waals surface area contributed by atoms with E-state index in [0.29, 0.717) is 46.8 Å². The van der Waals surface area contributed by atoms with Crippen LogP contribution >= 0.6 is 0 Å². The summed E-state index contributed by atoms with van der Waals surface area (Å²) in [7, 11) is 0. The summed E-state index contributed by atoms with van der Waals surface area (Å²) in [5.74, 6) is -0.224. The van der Waals surface area contributed by atoms with Crippen molar-refractivity contribution in [2.45, 2.75) is 51.2 Å². The molecule has 0 unspecified atom stereocenters. The first-order valence-electron chi connectivity index (χ1n) is 13.0. The molecule has 2 aromatic heterocycles. The number of fused-ring (bicyclic) bond motifs is 1. The van der Waals surface area contributed by atoms with Crippen molar-refractivity contribution < 1.29 is 23.1 Å². The lowest BCUT2D eigenvalue weighted by Gasteiger charge is -2.31. The fraction of sp³-hybridized carbons (Fsp3) is 0.321. The van der Waals surface area contributed by atoms with Gasteiger partial charge in [0.05, 0.1) is 24.1 Å². The Morgan fingerprint density at radius 3 is 2.73 bits per heavy atom. The van der Waals surface area contributed by atoms with Crippen LogP contribution in [0.5, 0.6) is 0 Å². The Bertz CT molecular complexity index is 1600. The fourth-order valence-electron chi connectivity index (χ4n) is 5.24. The van der Waals surface area contributed by atoms with E-state index in [1.54, 1.807) is 18.2 Å². The van der Waals surface area contributed by atoms with E-state index in [9.17, 15) is 18.7 Å². The number of carbonyl (C=O) groups excluding carboxylic acids is 1. The average Bonchev–Trinajstić information content (AvgIpc) is 3.68. The molecule has 6 rings (SSSR count). The number of nitrogens with zero attached hydrogens (tertiary/aromatic N) is 6. The van der Waals surface area contributed by atoms with E-state index in [-0.39, 0.29) is 29.6 Å². The second-order valence-corrected chi connectivity index (χ2v) is 10.1. The Morgan fingerprint density at radius 1 is 1.15 bits per heavy atom. The molecular weight excluding hydrogens is 523 g/mol. The third kappa shape index (κ3) is 5.02. The van der Waals surface area contributed by atoms with Crippen LogP contribution in [0.1, 0.15) is 57.2 Å². The molecule has 206 valence electrons. The van der Waals surface area contributed by atoms with Crippen molar-refractivity contribution in [2.75, 3.05) is 17.2 Å². The maximum atomic E-state index is 15.1. The first-order chi connectivity index (χ1) is 19.3. The van der Waals surface area contributed by atoms with Crippen molar-refractivity contribution in [3.05, 3.63) is 82.2 Å². The molecule has 3 heterocycles. The molecule has 0 radical (unpaired) electrons. The molecule has 1 fully saturated rings. The first kappa shape index (κ1) is 25.9. The predicted molar refractivity (Wildman–Crippen MR) is 140 cm³/mol. The van der Waals surface area contributed by atoms with E-state index in [1.165, 1.54) is 23.4 Å². The molecule has 40 heavy (non-hydrogen) atoms. The minimum absolute atomic E-state index is 0.0593. The molecule has 1 aliphatic carbocycles. The molecule has 0 bridgehead atoms. The highest BCUT2D eigenvalue weighted by atomic mass is 19.3. The van der Waals surface area contributed by atoms with E-state index >= 15 is 4.39 Å². The zero-order valence-corrected chi connectivity index (χ0v) is 21.4. The second kappa shape index (κ2) is 10.3. The Hall–Kier alpha value is -4.32. The van der Waals surface area contributed by atoms with Crippen LogP contribution in [0.3, 0.4) is 0 Å². The largest absolute Gasteiger partial charge is 0.392 e.